The predicted octanol–water partition coefficient (Wildman–Crippen LogP) is 2.03. The molecule has 0 aliphatic rings. The molecule has 4 heteroatoms. The average molecular weight is 231 g/mol. The number of nitrogens with zero attached hydrogens (tertiary/aromatic N) is 2. The summed E-state index contributed by atoms with van der Waals surface area (Å²) in [5.41, 5.74) is 1.18. The number of nitrogens with one attached hydrogen (secondary N) is 1. The molecule has 0 saturated carbocycles. The fourth-order valence-electron chi connectivity index (χ4n) is 1.67. The second-order valence-corrected chi connectivity index (χ2v) is 3.99. The van der Waals surface area contributed by atoms with Crippen LogP contribution in [0, 0.1) is 0 Å². The van der Waals surface area contributed by atoms with Crippen LogP contribution in [0.4, 0.5) is 5.82 Å². The summed E-state index contributed by atoms with van der Waals surface area (Å²) in [5.74, 6) is 1.88. The van der Waals surface area contributed by atoms with Crippen molar-refractivity contribution < 1.29 is 4.42 Å². The van der Waals surface area contributed by atoms with E-state index in [0.29, 0.717) is 0 Å². The molecule has 0 aromatic carbocycles. The van der Waals surface area contributed by atoms with Crippen LogP contribution in [0.1, 0.15) is 11.3 Å². The lowest BCUT2D eigenvalue weighted by Crippen LogP contribution is -2.17. The van der Waals surface area contributed by atoms with Crippen LogP contribution in [0.15, 0.2) is 41.1 Å². The molecule has 4 nitrogen and oxygen atoms in total. The van der Waals surface area contributed by atoms with Gasteiger partial charge >= 0.3 is 0 Å². The van der Waals surface area contributed by atoms with Gasteiger partial charge in [0, 0.05) is 19.8 Å². The molecule has 0 bridgehead atoms. The van der Waals surface area contributed by atoms with E-state index in [9.17, 15) is 0 Å². The molecular weight excluding hydrogens is 214 g/mol. The van der Waals surface area contributed by atoms with Crippen LogP contribution < -0.4 is 10.2 Å². The first-order chi connectivity index (χ1) is 8.29. The van der Waals surface area contributed by atoms with Crippen molar-refractivity contribution in [2.75, 3.05) is 19.0 Å². The van der Waals surface area contributed by atoms with Crippen LogP contribution in [0.5, 0.6) is 0 Å². The highest BCUT2D eigenvalue weighted by Gasteiger charge is 2.05. The lowest BCUT2D eigenvalue weighted by Gasteiger charge is -2.16. The molecule has 0 radical (unpaired) electrons. The van der Waals surface area contributed by atoms with Gasteiger partial charge in [-0.05, 0) is 30.8 Å². The maximum absolute atomic E-state index is 5.31. The van der Waals surface area contributed by atoms with E-state index in [0.717, 1.165) is 24.7 Å². The molecule has 1 N–H and O–H groups in total. The van der Waals surface area contributed by atoms with E-state index in [2.05, 4.69) is 21.3 Å². The highest BCUT2D eigenvalue weighted by Crippen LogP contribution is 2.13. The van der Waals surface area contributed by atoms with Crippen molar-refractivity contribution >= 4 is 5.82 Å². The second kappa shape index (κ2) is 5.50. The zero-order valence-corrected chi connectivity index (χ0v) is 10.2. The third-order valence-corrected chi connectivity index (χ3v) is 2.55. The number of hydrogen-bond acceptors (Lipinski definition) is 4. The number of anilines is 1. The Labute approximate surface area is 101 Å². The smallest absolute Gasteiger partial charge is 0.128 e. The van der Waals surface area contributed by atoms with Crippen LogP contribution in [0.25, 0.3) is 0 Å². The lowest BCUT2D eigenvalue weighted by atomic mass is 10.3. The van der Waals surface area contributed by atoms with Gasteiger partial charge in [-0.1, -0.05) is 6.07 Å². The Hall–Kier alpha value is -1.81. The molecule has 0 spiro atoms. The molecule has 0 unspecified atom stereocenters. The standard InChI is InChI=1S/C13H17N3O/c1-14-8-11-5-6-13(15-9-11)16(2)10-12-4-3-7-17-12/h3-7,9,14H,8,10H2,1-2H3. The quantitative estimate of drug-likeness (QED) is 0.855. The van der Waals surface area contributed by atoms with Crippen molar-refractivity contribution in [3.63, 3.8) is 0 Å². The molecular formula is C13H17N3O. The van der Waals surface area contributed by atoms with Crippen LogP contribution in [0.3, 0.4) is 0 Å². The summed E-state index contributed by atoms with van der Waals surface area (Å²) in [6.07, 6.45) is 3.58. The first kappa shape index (κ1) is 11.7. The number of furan rings is 1. The summed E-state index contributed by atoms with van der Waals surface area (Å²) in [6.45, 7) is 1.57. The van der Waals surface area contributed by atoms with Gasteiger partial charge in [-0.25, -0.2) is 4.98 Å². The largest absolute Gasteiger partial charge is 0.467 e. The van der Waals surface area contributed by atoms with Gasteiger partial charge in [-0.3, -0.25) is 0 Å². The van der Waals surface area contributed by atoms with Gasteiger partial charge in [0.1, 0.15) is 11.6 Å². The molecule has 17 heavy (non-hydrogen) atoms. The Balaban J connectivity index is 2.01. The highest BCUT2D eigenvalue weighted by atomic mass is 16.3. The van der Waals surface area contributed by atoms with E-state index >= 15 is 0 Å². The molecule has 0 saturated heterocycles. The molecule has 2 heterocycles. The van der Waals surface area contributed by atoms with Gasteiger partial charge in [0.15, 0.2) is 0 Å². The molecule has 0 aliphatic heterocycles. The highest BCUT2D eigenvalue weighted by molar-refractivity contribution is 5.38. The van der Waals surface area contributed by atoms with Gasteiger partial charge in [0.2, 0.25) is 0 Å². The monoisotopic (exact) mass is 231 g/mol. The lowest BCUT2D eigenvalue weighted by molar-refractivity contribution is 0.507. The summed E-state index contributed by atoms with van der Waals surface area (Å²) < 4.78 is 5.31. The van der Waals surface area contributed by atoms with E-state index < -0.39 is 0 Å². The van der Waals surface area contributed by atoms with Crippen LogP contribution in [0.2, 0.25) is 0 Å². The first-order valence-corrected chi connectivity index (χ1v) is 5.62. The third kappa shape index (κ3) is 3.07. The zero-order chi connectivity index (χ0) is 12.1. The summed E-state index contributed by atoms with van der Waals surface area (Å²) in [6, 6.07) is 7.96. The van der Waals surface area contributed by atoms with Crippen molar-refractivity contribution in [2.45, 2.75) is 13.1 Å². The van der Waals surface area contributed by atoms with E-state index in [1.807, 2.05) is 38.5 Å². The minimum Gasteiger partial charge on any atom is -0.467 e. The minimum absolute atomic E-state index is 0.728. The Morgan fingerprint density at radius 2 is 2.24 bits per heavy atom. The number of pyridine rings is 1. The molecule has 0 atom stereocenters. The Kier molecular flexibility index (Phi) is 3.77. The Morgan fingerprint density at radius 3 is 2.82 bits per heavy atom. The SMILES string of the molecule is CNCc1ccc(N(C)Cc2ccco2)nc1. The van der Waals surface area contributed by atoms with Crippen molar-refractivity contribution in [3.05, 3.63) is 48.0 Å². The summed E-state index contributed by atoms with van der Waals surface area (Å²) in [4.78, 5) is 6.48. The molecule has 0 aliphatic carbocycles. The van der Waals surface area contributed by atoms with Gasteiger partial charge in [-0.2, -0.15) is 0 Å². The van der Waals surface area contributed by atoms with E-state index in [1.54, 1.807) is 6.26 Å². The van der Waals surface area contributed by atoms with Crippen LogP contribution >= 0.6 is 0 Å². The maximum Gasteiger partial charge on any atom is 0.128 e. The maximum atomic E-state index is 5.31. The summed E-state index contributed by atoms with van der Waals surface area (Å²) >= 11 is 0. The van der Waals surface area contributed by atoms with E-state index in [1.165, 1.54) is 5.56 Å². The van der Waals surface area contributed by atoms with Crippen molar-refractivity contribution in [1.29, 1.82) is 0 Å². The third-order valence-electron chi connectivity index (χ3n) is 2.55. The number of hydrogen-bond donors (Lipinski definition) is 1. The zero-order valence-electron chi connectivity index (χ0n) is 10.2. The van der Waals surface area contributed by atoms with Crippen molar-refractivity contribution in [2.24, 2.45) is 0 Å². The van der Waals surface area contributed by atoms with E-state index in [-0.39, 0.29) is 0 Å². The molecule has 90 valence electrons. The van der Waals surface area contributed by atoms with Gasteiger partial charge in [0.05, 0.1) is 12.8 Å². The topological polar surface area (TPSA) is 41.3 Å². The minimum atomic E-state index is 0.728. The summed E-state index contributed by atoms with van der Waals surface area (Å²) in [5, 5.41) is 3.10. The molecule has 2 rings (SSSR count). The number of aromatic nitrogens is 1. The average Bonchev–Trinajstić information content (AvgIpc) is 2.83. The molecule has 0 amide bonds. The van der Waals surface area contributed by atoms with Gasteiger partial charge in [0.25, 0.3) is 0 Å². The first-order valence-electron chi connectivity index (χ1n) is 5.62. The Bertz CT molecular complexity index is 436. The molecule has 0 fully saturated rings. The van der Waals surface area contributed by atoms with Gasteiger partial charge in [-0.15, -0.1) is 0 Å². The number of rotatable bonds is 5. The van der Waals surface area contributed by atoms with Gasteiger partial charge < -0.3 is 14.6 Å². The van der Waals surface area contributed by atoms with Crippen LogP contribution in [-0.2, 0) is 13.1 Å². The fraction of sp³-hybridized carbons (Fsp3) is 0.308. The van der Waals surface area contributed by atoms with E-state index in [4.69, 9.17) is 4.42 Å². The van der Waals surface area contributed by atoms with Crippen molar-refractivity contribution in [3.8, 4) is 0 Å². The van der Waals surface area contributed by atoms with Crippen molar-refractivity contribution in [1.82, 2.24) is 10.3 Å². The second-order valence-electron chi connectivity index (χ2n) is 3.99. The molecule has 2 aromatic rings. The van der Waals surface area contributed by atoms with Crippen LogP contribution in [-0.4, -0.2) is 19.1 Å². The molecule has 2 aromatic heterocycles. The summed E-state index contributed by atoms with van der Waals surface area (Å²) in [7, 11) is 3.93. The normalized spacial score (nSPS) is 10.5. The fourth-order valence-corrected chi connectivity index (χ4v) is 1.67. The predicted molar refractivity (Wildman–Crippen MR) is 67.8 cm³/mol. The Morgan fingerprint density at radius 1 is 1.35 bits per heavy atom.